The molecule has 5 rings (SSSR count). The van der Waals surface area contributed by atoms with Crippen molar-refractivity contribution in [2.45, 2.75) is 83.4 Å². The van der Waals surface area contributed by atoms with Gasteiger partial charge in [-0.3, -0.25) is 4.79 Å². The van der Waals surface area contributed by atoms with Crippen molar-refractivity contribution in [1.29, 1.82) is 0 Å². The molecule has 2 aliphatic heterocycles. The van der Waals surface area contributed by atoms with Crippen LogP contribution in [0.2, 0.25) is 0 Å². The molecule has 10 nitrogen and oxygen atoms in total. The number of aliphatic hydroxyl groups is 1. The van der Waals surface area contributed by atoms with Gasteiger partial charge in [0.25, 0.3) is 5.91 Å². The summed E-state index contributed by atoms with van der Waals surface area (Å²) in [6, 6.07) is 16.1. The monoisotopic (exact) mass is 631 g/mol. The summed E-state index contributed by atoms with van der Waals surface area (Å²) in [6.07, 6.45) is 6.95. The van der Waals surface area contributed by atoms with Gasteiger partial charge < -0.3 is 34.4 Å². The first-order valence-corrected chi connectivity index (χ1v) is 16.8. The summed E-state index contributed by atoms with van der Waals surface area (Å²) >= 11 is 0. The largest absolute Gasteiger partial charge is 0.497 e. The quantitative estimate of drug-likeness (QED) is 0.175. The summed E-state index contributed by atoms with van der Waals surface area (Å²) in [5, 5.41) is 14.1. The van der Waals surface area contributed by atoms with Crippen LogP contribution >= 0.6 is 0 Å². The molecule has 2 aromatic carbocycles. The SMILES string of the molecule is CCCCOc1nc2c(c(N(Cc3ccc(OC)cc3)Cc3ccc(OC)cc3)n1)NC(=O)C(O)C2CCCCCN1CCCC1. The summed E-state index contributed by atoms with van der Waals surface area (Å²) in [6.45, 7) is 7.11. The third-order valence-electron chi connectivity index (χ3n) is 8.93. The number of nitrogens with one attached hydrogen (secondary N) is 1. The number of benzene rings is 2. The standard InChI is InChI=1S/C36H49N5O5/c1-4-5-23-46-36-38-31-30(11-7-6-8-20-40-21-9-10-22-40)33(42)35(43)37-32(31)34(39-36)41(24-26-12-16-28(44-2)17-13-26)25-27-14-18-29(45-3)19-15-27/h12-19,30,33,42H,4-11,20-25H2,1-3H3,(H,37,43). The molecule has 2 unspecified atom stereocenters. The van der Waals surface area contributed by atoms with Crippen LogP contribution in [0.15, 0.2) is 48.5 Å². The number of amides is 1. The van der Waals surface area contributed by atoms with Gasteiger partial charge in [-0.05, 0) is 87.1 Å². The molecule has 0 bridgehead atoms. The van der Waals surface area contributed by atoms with Crippen molar-refractivity contribution >= 4 is 17.4 Å². The van der Waals surface area contributed by atoms with Crippen LogP contribution in [0.4, 0.5) is 11.5 Å². The van der Waals surface area contributed by atoms with Gasteiger partial charge in [0, 0.05) is 19.0 Å². The fourth-order valence-corrected chi connectivity index (χ4v) is 6.25. The predicted octanol–water partition coefficient (Wildman–Crippen LogP) is 5.93. The minimum Gasteiger partial charge on any atom is -0.497 e. The molecule has 0 aliphatic carbocycles. The Hall–Kier alpha value is -3.89. The lowest BCUT2D eigenvalue weighted by Crippen LogP contribution is -2.40. The lowest BCUT2D eigenvalue weighted by Gasteiger charge is -2.33. The summed E-state index contributed by atoms with van der Waals surface area (Å²) in [5.41, 5.74) is 3.28. The number of carbonyl (C=O) groups excluding carboxylic acids is 1. The highest BCUT2D eigenvalue weighted by Gasteiger charge is 2.38. The van der Waals surface area contributed by atoms with E-state index in [0.717, 1.165) is 61.3 Å². The van der Waals surface area contributed by atoms with E-state index in [2.05, 4.69) is 22.0 Å². The second-order valence-electron chi connectivity index (χ2n) is 12.3. The maximum absolute atomic E-state index is 13.3. The summed E-state index contributed by atoms with van der Waals surface area (Å²) in [7, 11) is 3.30. The predicted molar refractivity (Wildman–Crippen MR) is 180 cm³/mol. The van der Waals surface area contributed by atoms with Crippen molar-refractivity contribution in [3.05, 3.63) is 65.4 Å². The molecule has 1 fully saturated rings. The number of aromatic nitrogens is 2. The van der Waals surface area contributed by atoms with Crippen LogP contribution in [0.5, 0.6) is 17.5 Å². The average molecular weight is 632 g/mol. The van der Waals surface area contributed by atoms with Crippen LogP contribution in [-0.4, -0.2) is 72.4 Å². The zero-order valence-electron chi connectivity index (χ0n) is 27.5. The zero-order chi connectivity index (χ0) is 32.3. The third-order valence-corrected chi connectivity index (χ3v) is 8.93. The van der Waals surface area contributed by atoms with Crippen molar-refractivity contribution in [2.75, 3.05) is 50.7 Å². The first-order chi connectivity index (χ1) is 22.5. The minimum absolute atomic E-state index is 0.263. The summed E-state index contributed by atoms with van der Waals surface area (Å²) in [5.74, 6) is 1.26. The highest BCUT2D eigenvalue weighted by atomic mass is 16.5. The van der Waals surface area contributed by atoms with Gasteiger partial charge in [0.2, 0.25) is 0 Å². The van der Waals surface area contributed by atoms with E-state index in [1.165, 1.54) is 25.9 Å². The molecule has 1 aromatic heterocycles. The topological polar surface area (TPSA) is 109 Å². The molecule has 2 aliphatic rings. The number of anilines is 2. The van der Waals surface area contributed by atoms with Gasteiger partial charge in [-0.25, -0.2) is 0 Å². The number of unbranched alkanes of at least 4 members (excludes halogenated alkanes) is 3. The molecule has 2 N–H and O–H groups in total. The number of hydrogen-bond acceptors (Lipinski definition) is 9. The normalized spacial score (nSPS) is 17.8. The van der Waals surface area contributed by atoms with Gasteiger partial charge >= 0.3 is 6.01 Å². The summed E-state index contributed by atoms with van der Waals surface area (Å²) in [4.78, 5) is 27.7. The van der Waals surface area contributed by atoms with Crippen LogP contribution in [0.1, 0.15) is 81.0 Å². The van der Waals surface area contributed by atoms with Crippen molar-refractivity contribution in [3.63, 3.8) is 0 Å². The van der Waals surface area contributed by atoms with E-state index in [-0.39, 0.29) is 6.01 Å². The molecule has 0 saturated carbocycles. The van der Waals surface area contributed by atoms with E-state index in [1.807, 2.05) is 48.5 Å². The molecule has 46 heavy (non-hydrogen) atoms. The summed E-state index contributed by atoms with van der Waals surface area (Å²) < 4.78 is 16.9. The Morgan fingerprint density at radius 1 is 0.891 bits per heavy atom. The molecule has 0 spiro atoms. The molecule has 10 heteroatoms. The van der Waals surface area contributed by atoms with Gasteiger partial charge in [0.1, 0.15) is 23.3 Å². The number of methoxy groups -OCH3 is 2. The number of ether oxygens (including phenoxy) is 3. The Morgan fingerprint density at radius 3 is 2.11 bits per heavy atom. The van der Waals surface area contributed by atoms with Crippen LogP contribution in [0, 0.1) is 0 Å². The van der Waals surface area contributed by atoms with Crippen molar-refractivity contribution in [3.8, 4) is 17.5 Å². The molecule has 2 atom stereocenters. The number of carbonyl (C=O) groups is 1. The van der Waals surface area contributed by atoms with Gasteiger partial charge in [0.15, 0.2) is 5.82 Å². The van der Waals surface area contributed by atoms with E-state index < -0.39 is 17.9 Å². The molecule has 1 amide bonds. The highest BCUT2D eigenvalue weighted by Crippen LogP contribution is 2.41. The van der Waals surface area contributed by atoms with E-state index in [4.69, 9.17) is 24.2 Å². The smallest absolute Gasteiger partial charge is 0.318 e. The van der Waals surface area contributed by atoms with Crippen molar-refractivity contribution in [1.82, 2.24) is 14.9 Å². The highest BCUT2D eigenvalue weighted by molar-refractivity contribution is 6.00. The lowest BCUT2D eigenvalue weighted by molar-refractivity contribution is -0.125. The molecule has 1 saturated heterocycles. The Labute approximate surface area is 273 Å². The van der Waals surface area contributed by atoms with Gasteiger partial charge in [-0.2, -0.15) is 9.97 Å². The number of likely N-dealkylation sites (tertiary alicyclic amines) is 1. The number of hydrogen-bond donors (Lipinski definition) is 2. The second kappa shape index (κ2) is 16.6. The Bertz CT molecular complexity index is 1350. The maximum atomic E-state index is 13.3. The molecule has 3 aromatic rings. The van der Waals surface area contributed by atoms with Gasteiger partial charge in [-0.15, -0.1) is 0 Å². The van der Waals surface area contributed by atoms with Gasteiger partial charge in [0.05, 0.1) is 26.5 Å². The third kappa shape index (κ3) is 8.67. The first-order valence-electron chi connectivity index (χ1n) is 16.8. The first kappa shape index (κ1) is 33.5. The molecular formula is C36H49N5O5. The fourth-order valence-electron chi connectivity index (χ4n) is 6.25. The zero-order valence-corrected chi connectivity index (χ0v) is 27.5. The molecule has 0 radical (unpaired) electrons. The Morgan fingerprint density at radius 2 is 1.52 bits per heavy atom. The molecule has 248 valence electrons. The van der Waals surface area contributed by atoms with E-state index in [0.29, 0.717) is 43.3 Å². The fraction of sp³-hybridized carbons (Fsp3) is 0.528. The van der Waals surface area contributed by atoms with Crippen molar-refractivity contribution < 1.29 is 24.1 Å². The van der Waals surface area contributed by atoms with Crippen LogP contribution in [-0.2, 0) is 17.9 Å². The van der Waals surface area contributed by atoms with Crippen LogP contribution < -0.4 is 24.4 Å². The second-order valence-corrected chi connectivity index (χ2v) is 12.3. The number of aliphatic hydroxyl groups excluding tert-OH is 1. The maximum Gasteiger partial charge on any atom is 0.318 e. The van der Waals surface area contributed by atoms with Crippen LogP contribution in [0.3, 0.4) is 0 Å². The Kier molecular flexibility index (Phi) is 12.1. The van der Waals surface area contributed by atoms with Crippen molar-refractivity contribution in [2.24, 2.45) is 0 Å². The van der Waals surface area contributed by atoms with E-state index in [9.17, 15) is 9.90 Å². The number of rotatable bonds is 17. The molecule has 3 heterocycles. The number of fused-ring (bicyclic) bond motifs is 1. The Balaban J connectivity index is 1.47. The minimum atomic E-state index is -1.19. The lowest BCUT2D eigenvalue weighted by atomic mass is 9.87. The van der Waals surface area contributed by atoms with E-state index >= 15 is 0 Å². The number of nitrogens with zero attached hydrogens (tertiary/aromatic N) is 4. The average Bonchev–Trinajstić information content (AvgIpc) is 3.60. The van der Waals surface area contributed by atoms with E-state index in [1.54, 1.807) is 14.2 Å². The van der Waals surface area contributed by atoms with Gasteiger partial charge in [-0.1, -0.05) is 50.5 Å². The molecular weight excluding hydrogens is 582 g/mol. The van der Waals surface area contributed by atoms with Crippen LogP contribution in [0.25, 0.3) is 0 Å².